The van der Waals surface area contributed by atoms with Gasteiger partial charge in [-0.15, -0.1) is 10.2 Å². The van der Waals surface area contributed by atoms with Crippen molar-refractivity contribution in [2.24, 2.45) is 7.05 Å². The number of nitrogens with zero attached hydrogens (tertiary/aromatic N) is 6. The Morgan fingerprint density at radius 3 is 2.41 bits per heavy atom. The Kier molecular flexibility index (Phi) is 6.69. The van der Waals surface area contributed by atoms with Gasteiger partial charge in [-0.05, 0) is 30.7 Å². The minimum absolute atomic E-state index is 0.0222. The van der Waals surface area contributed by atoms with Gasteiger partial charge in [-0.3, -0.25) is 9.59 Å². The second-order valence-corrected chi connectivity index (χ2v) is 8.03. The molecule has 0 aliphatic carbocycles. The van der Waals surface area contributed by atoms with Gasteiger partial charge in [0.15, 0.2) is 5.69 Å². The summed E-state index contributed by atoms with van der Waals surface area (Å²) in [7, 11) is 1.70. The number of amides is 1. The van der Waals surface area contributed by atoms with Gasteiger partial charge in [0, 0.05) is 29.7 Å². The molecule has 10 nitrogen and oxygen atoms in total. The van der Waals surface area contributed by atoms with E-state index >= 15 is 0 Å². The number of hydrogen-bond donors (Lipinski definition) is 2. The molecule has 0 bridgehead atoms. The van der Waals surface area contributed by atoms with Crippen LogP contribution in [-0.4, -0.2) is 53.5 Å². The summed E-state index contributed by atoms with van der Waals surface area (Å²) in [6, 6.07) is 14.8. The topological polar surface area (TPSA) is 128 Å². The molecule has 11 heteroatoms. The van der Waals surface area contributed by atoms with Gasteiger partial charge >= 0.3 is 5.97 Å². The lowest BCUT2D eigenvalue weighted by Crippen LogP contribution is -2.26. The van der Waals surface area contributed by atoms with E-state index < -0.39 is 5.97 Å². The maximum absolute atomic E-state index is 12.9. The van der Waals surface area contributed by atoms with Crippen LogP contribution < -0.4 is 5.32 Å². The Morgan fingerprint density at radius 2 is 1.76 bits per heavy atom. The molecular formula is C23H22ClN7O3. The van der Waals surface area contributed by atoms with Crippen LogP contribution in [0.2, 0.25) is 5.02 Å². The minimum atomic E-state index is -0.907. The van der Waals surface area contributed by atoms with Gasteiger partial charge in [0.2, 0.25) is 5.82 Å². The number of aliphatic carboxylic acids is 1. The first kappa shape index (κ1) is 23.1. The summed E-state index contributed by atoms with van der Waals surface area (Å²) >= 11 is 6.46. The van der Waals surface area contributed by atoms with Gasteiger partial charge in [-0.1, -0.05) is 48.0 Å². The number of carbonyl (C=O) groups excluding carboxylic acids is 1. The maximum atomic E-state index is 12.9. The molecule has 2 heterocycles. The van der Waals surface area contributed by atoms with E-state index in [1.165, 1.54) is 4.80 Å². The molecule has 0 atom stereocenters. The summed E-state index contributed by atoms with van der Waals surface area (Å²) in [5.41, 5.74) is 3.87. The molecule has 2 aromatic heterocycles. The zero-order valence-corrected chi connectivity index (χ0v) is 19.3. The number of carboxylic acid groups (broad SMARTS) is 1. The Labute approximate surface area is 200 Å². The molecule has 2 aromatic carbocycles. The maximum Gasteiger partial charge on any atom is 0.303 e. The SMILES string of the molecule is Cc1c(C(=O)NCCCC(=O)O)nn(-c2ccccc2Cl)c1-c1ccc(-c2nnn(C)n2)cc1. The number of tetrazole rings is 1. The van der Waals surface area contributed by atoms with Crippen molar-refractivity contribution in [3.63, 3.8) is 0 Å². The van der Waals surface area contributed by atoms with E-state index in [-0.39, 0.29) is 24.6 Å². The number of benzene rings is 2. The van der Waals surface area contributed by atoms with Crippen molar-refractivity contribution in [2.45, 2.75) is 19.8 Å². The Morgan fingerprint density at radius 1 is 1.06 bits per heavy atom. The van der Waals surface area contributed by atoms with Gasteiger partial charge in [-0.2, -0.15) is 9.90 Å². The third-order valence-electron chi connectivity index (χ3n) is 5.20. The Hall–Kier alpha value is -4.05. The monoisotopic (exact) mass is 479 g/mol. The lowest BCUT2D eigenvalue weighted by Gasteiger charge is -2.10. The van der Waals surface area contributed by atoms with Crippen molar-refractivity contribution in [2.75, 3.05) is 6.54 Å². The summed E-state index contributed by atoms with van der Waals surface area (Å²) in [5, 5.41) is 28.7. The van der Waals surface area contributed by atoms with Crippen molar-refractivity contribution in [3.8, 4) is 28.3 Å². The van der Waals surface area contributed by atoms with Crippen molar-refractivity contribution >= 4 is 23.5 Å². The van der Waals surface area contributed by atoms with E-state index in [2.05, 4.69) is 25.8 Å². The number of hydrogen-bond acceptors (Lipinski definition) is 6. The molecule has 2 N–H and O–H groups in total. The third-order valence-corrected chi connectivity index (χ3v) is 5.52. The number of aryl methyl sites for hydroxylation is 1. The highest BCUT2D eigenvalue weighted by atomic mass is 35.5. The molecule has 4 aromatic rings. The first-order valence-electron chi connectivity index (χ1n) is 10.5. The fourth-order valence-electron chi connectivity index (χ4n) is 3.55. The average Bonchev–Trinajstić information content (AvgIpc) is 3.40. The van der Waals surface area contributed by atoms with Crippen LogP contribution in [-0.2, 0) is 11.8 Å². The molecule has 0 radical (unpaired) electrons. The number of nitrogens with one attached hydrogen (secondary N) is 1. The van der Waals surface area contributed by atoms with E-state index in [1.54, 1.807) is 17.8 Å². The first-order chi connectivity index (χ1) is 16.3. The van der Waals surface area contributed by atoms with E-state index in [4.69, 9.17) is 16.7 Å². The van der Waals surface area contributed by atoms with Gasteiger partial charge in [0.1, 0.15) is 0 Å². The smallest absolute Gasteiger partial charge is 0.303 e. The Bertz CT molecular complexity index is 1350. The van der Waals surface area contributed by atoms with E-state index in [1.807, 2.05) is 49.4 Å². The van der Waals surface area contributed by atoms with Crippen LogP contribution in [0.4, 0.5) is 0 Å². The van der Waals surface area contributed by atoms with Crippen molar-refractivity contribution in [3.05, 3.63) is 64.8 Å². The van der Waals surface area contributed by atoms with Crippen LogP contribution in [0.15, 0.2) is 48.5 Å². The lowest BCUT2D eigenvalue weighted by molar-refractivity contribution is -0.137. The number of aromatic nitrogens is 6. The van der Waals surface area contributed by atoms with Crippen LogP contribution in [0.3, 0.4) is 0 Å². The van der Waals surface area contributed by atoms with Crippen LogP contribution in [0, 0.1) is 6.92 Å². The first-order valence-corrected chi connectivity index (χ1v) is 10.9. The lowest BCUT2D eigenvalue weighted by atomic mass is 10.0. The summed E-state index contributed by atoms with van der Waals surface area (Å²) in [5.74, 6) is -0.780. The molecule has 174 valence electrons. The van der Waals surface area contributed by atoms with E-state index in [9.17, 15) is 9.59 Å². The molecule has 0 aliphatic heterocycles. The number of carboxylic acids is 1. The second-order valence-electron chi connectivity index (χ2n) is 7.62. The van der Waals surface area contributed by atoms with Gasteiger partial charge in [0.05, 0.1) is 23.5 Å². The van der Waals surface area contributed by atoms with Crippen LogP contribution >= 0.6 is 11.6 Å². The molecular weight excluding hydrogens is 458 g/mol. The third kappa shape index (κ3) is 4.81. The van der Waals surface area contributed by atoms with E-state index in [0.717, 1.165) is 11.1 Å². The van der Waals surface area contributed by atoms with Crippen molar-refractivity contribution in [1.29, 1.82) is 0 Å². The molecule has 0 aliphatic rings. The molecule has 0 saturated carbocycles. The van der Waals surface area contributed by atoms with Crippen LogP contribution in [0.1, 0.15) is 28.9 Å². The van der Waals surface area contributed by atoms with E-state index in [0.29, 0.717) is 34.2 Å². The number of rotatable bonds is 8. The van der Waals surface area contributed by atoms with Gasteiger partial charge < -0.3 is 10.4 Å². The highest BCUT2D eigenvalue weighted by Crippen LogP contribution is 2.32. The Balaban J connectivity index is 1.72. The highest BCUT2D eigenvalue weighted by Gasteiger charge is 2.23. The molecule has 0 fully saturated rings. The molecule has 0 saturated heterocycles. The van der Waals surface area contributed by atoms with Crippen molar-refractivity contribution < 1.29 is 14.7 Å². The number of halogens is 1. The summed E-state index contributed by atoms with van der Waals surface area (Å²) < 4.78 is 1.65. The fraction of sp³-hybridized carbons (Fsp3) is 0.217. The fourth-order valence-corrected chi connectivity index (χ4v) is 3.77. The largest absolute Gasteiger partial charge is 0.481 e. The zero-order valence-electron chi connectivity index (χ0n) is 18.6. The molecule has 4 rings (SSSR count). The zero-order chi connectivity index (χ0) is 24.2. The molecule has 0 spiro atoms. The van der Waals surface area contributed by atoms with Gasteiger partial charge in [-0.25, -0.2) is 4.68 Å². The molecule has 0 unspecified atom stereocenters. The van der Waals surface area contributed by atoms with Gasteiger partial charge in [0.25, 0.3) is 5.91 Å². The number of para-hydroxylation sites is 1. The minimum Gasteiger partial charge on any atom is -0.481 e. The normalized spacial score (nSPS) is 10.9. The highest BCUT2D eigenvalue weighted by molar-refractivity contribution is 6.32. The van der Waals surface area contributed by atoms with Crippen LogP contribution in [0.5, 0.6) is 0 Å². The predicted molar refractivity (Wildman–Crippen MR) is 126 cm³/mol. The summed E-state index contributed by atoms with van der Waals surface area (Å²) in [4.78, 5) is 25.0. The molecule has 34 heavy (non-hydrogen) atoms. The number of carbonyl (C=O) groups is 2. The van der Waals surface area contributed by atoms with Crippen LogP contribution in [0.25, 0.3) is 28.3 Å². The van der Waals surface area contributed by atoms with Crippen molar-refractivity contribution in [1.82, 2.24) is 35.3 Å². The quantitative estimate of drug-likeness (QED) is 0.371. The summed E-state index contributed by atoms with van der Waals surface area (Å²) in [6.07, 6.45) is 0.307. The summed E-state index contributed by atoms with van der Waals surface area (Å²) in [6.45, 7) is 2.05. The average molecular weight is 480 g/mol. The standard InChI is InChI=1S/C23H22ClN7O3/c1-14-20(23(34)25-13-5-8-19(32)33)27-31(18-7-4-3-6-17(18)24)21(14)15-9-11-16(12-10-15)22-26-29-30(2)28-22/h3-4,6-7,9-12H,5,8,13H2,1-2H3,(H,25,34)(H,32,33). The second kappa shape index (κ2) is 9.84. The molecule has 1 amide bonds. The predicted octanol–water partition coefficient (Wildman–Crippen LogP) is 3.29.